The number of methoxy groups -OCH3 is 1. The van der Waals surface area contributed by atoms with Crippen molar-refractivity contribution >= 4 is 5.97 Å². The van der Waals surface area contributed by atoms with Gasteiger partial charge in [0, 0.05) is 0 Å². The summed E-state index contributed by atoms with van der Waals surface area (Å²) in [6, 6.07) is 5.22. The highest BCUT2D eigenvalue weighted by molar-refractivity contribution is 5.93. The van der Waals surface area contributed by atoms with Gasteiger partial charge in [0.2, 0.25) is 0 Å². The summed E-state index contributed by atoms with van der Waals surface area (Å²) in [6.45, 7) is 9.83. The lowest BCUT2D eigenvalue weighted by Gasteiger charge is -2.16. The molecule has 0 saturated carbocycles. The average Bonchev–Trinajstić information content (AvgIpc) is 2.51. The van der Waals surface area contributed by atoms with Crippen LogP contribution in [0.3, 0.4) is 0 Å². The van der Waals surface area contributed by atoms with Crippen LogP contribution in [0.2, 0.25) is 0 Å². The Kier molecular flexibility index (Phi) is 10.4. The minimum absolute atomic E-state index is 0. The average molecular weight is 332 g/mol. The number of esters is 1. The van der Waals surface area contributed by atoms with Gasteiger partial charge < -0.3 is 31.5 Å². The smallest absolute Gasteiger partial charge is 0.342 e. The molecule has 0 spiro atoms. The van der Waals surface area contributed by atoms with Crippen LogP contribution in [0, 0.1) is 0 Å². The molecule has 1 rings (SSSR count). The van der Waals surface area contributed by atoms with E-state index < -0.39 is 0 Å². The summed E-state index contributed by atoms with van der Waals surface area (Å²) >= 11 is 0. The molecular formula is C16H26ClNO4. The Balaban J connectivity index is 0.00000441. The van der Waals surface area contributed by atoms with Crippen LogP contribution in [-0.2, 0) is 4.74 Å². The Labute approximate surface area is 138 Å². The summed E-state index contributed by atoms with van der Waals surface area (Å²) in [4.78, 5) is 13.6. The van der Waals surface area contributed by atoms with Crippen LogP contribution in [0.1, 0.15) is 31.1 Å². The van der Waals surface area contributed by atoms with E-state index in [9.17, 15) is 4.79 Å². The number of likely N-dealkylation sites (N-methyl/N-ethyl adjacent to an activating group) is 1. The van der Waals surface area contributed by atoms with Crippen LogP contribution in [0.5, 0.6) is 11.5 Å². The Morgan fingerprint density at radius 3 is 2.41 bits per heavy atom. The quantitative estimate of drug-likeness (QED) is 0.541. The largest absolute Gasteiger partial charge is 1.00 e. The summed E-state index contributed by atoms with van der Waals surface area (Å²) in [5.41, 5.74) is 0.408. The second kappa shape index (κ2) is 11.2. The second-order valence-electron chi connectivity index (χ2n) is 4.61. The van der Waals surface area contributed by atoms with Gasteiger partial charge in [-0.1, -0.05) is 6.07 Å². The van der Waals surface area contributed by atoms with Gasteiger partial charge in [-0.15, -0.1) is 0 Å². The van der Waals surface area contributed by atoms with E-state index >= 15 is 0 Å². The van der Waals surface area contributed by atoms with E-state index in [0.717, 1.165) is 19.6 Å². The number of nitrogens with one attached hydrogen (secondary N) is 1. The van der Waals surface area contributed by atoms with E-state index in [2.05, 4.69) is 13.8 Å². The molecule has 0 bridgehead atoms. The van der Waals surface area contributed by atoms with E-state index in [1.807, 2.05) is 6.92 Å². The Morgan fingerprint density at radius 2 is 1.86 bits per heavy atom. The number of carbonyl (C=O) groups excluding carboxylic acids is 1. The van der Waals surface area contributed by atoms with E-state index in [1.165, 1.54) is 4.90 Å². The molecule has 0 unspecified atom stereocenters. The fourth-order valence-corrected chi connectivity index (χ4v) is 2.10. The molecule has 1 N–H and O–H groups in total. The molecule has 126 valence electrons. The number of halogens is 1. The monoisotopic (exact) mass is 331 g/mol. The first-order valence-corrected chi connectivity index (χ1v) is 7.48. The SMILES string of the molecule is CCOc1c(OC)cccc1C(=O)OCC[NH+](CC)CC.[Cl-]. The summed E-state index contributed by atoms with van der Waals surface area (Å²) in [6.07, 6.45) is 0. The third kappa shape index (κ3) is 5.73. The van der Waals surface area contributed by atoms with Crippen LogP contribution in [-0.4, -0.2) is 45.9 Å². The van der Waals surface area contributed by atoms with Gasteiger partial charge in [0.15, 0.2) is 11.5 Å². The molecule has 0 aromatic heterocycles. The third-order valence-electron chi connectivity index (χ3n) is 3.40. The van der Waals surface area contributed by atoms with E-state index in [1.54, 1.807) is 25.3 Å². The predicted molar refractivity (Wildman–Crippen MR) is 81.4 cm³/mol. The normalized spacial score (nSPS) is 10.0. The fraction of sp³-hybridized carbons (Fsp3) is 0.562. The molecule has 6 heteroatoms. The molecule has 0 fully saturated rings. The highest BCUT2D eigenvalue weighted by Gasteiger charge is 2.18. The van der Waals surface area contributed by atoms with Gasteiger partial charge >= 0.3 is 5.97 Å². The highest BCUT2D eigenvalue weighted by atomic mass is 35.5. The second-order valence-corrected chi connectivity index (χ2v) is 4.61. The fourth-order valence-electron chi connectivity index (χ4n) is 2.10. The molecule has 0 aliphatic rings. The zero-order chi connectivity index (χ0) is 15.7. The molecule has 1 aromatic rings. The summed E-state index contributed by atoms with van der Waals surface area (Å²) in [7, 11) is 1.55. The van der Waals surface area contributed by atoms with Crippen molar-refractivity contribution in [1.82, 2.24) is 0 Å². The molecule has 0 amide bonds. The van der Waals surface area contributed by atoms with Crippen molar-refractivity contribution in [3.05, 3.63) is 23.8 Å². The maximum Gasteiger partial charge on any atom is 0.342 e. The van der Waals surface area contributed by atoms with Crippen LogP contribution in [0.4, 0.5) is 0 Å². The van der Waals surface area contributed by atoms with Gasteiger partial charge in [0.25, 0.3) is 0 Å². The first-order chi connectivity index (χ1) is 10.2. The third-order valence-corrected chi connectivity index (χ3v) is 3.40. The van der Waals surface area contributed by atoms with Crippen molar-refractivity contribution < 1.29 is 36.3 Å². The van der Waals surface area contributed by atoms with E-state index in [-0.39, 0.29) is 18.4 Å². The molecule has 0 atom stereocenters. The maximum absolute atomic E-state index is 12.2. The standard InChI is InChI=1S/C16H25NO4.ClH/c1-5-17(6-2)11-12-21-16(18)13-9-8-10-14(19-4)15(13)20-7-3;/h8-10H,5-7,11-12H2,1-4H3;1H. The lowest BCUT2D eigenvalue weighted by atomic mass is 10.2. The number of carbonyl (C=O) groups is 1. The number of benzene rings is 1. The first-order valence-electron chi connectivity index (χ1n) is 7.48. The zero-order valence-electron chi connectivity index (χ0n) is 13.8. The minimum atomic E-state index is -0.371. The lowest BCUT2D eigenvalue weighted by Crippen LogP contribution is -3.11. The number of para-hydroxylation sites is 1. The van der Waals surface area contributed by atoms with Crippen LogP contribution in [0.25, 0.3) is 0 Å². The molecule has 1 aromatic carbocycles. The van der Waals surface area contributed by atoms with Gasteiger partial charge in [-0.25, -0.2) is 4.79 Å². The topological polar surface area (TPSA) is 49.2 Å². The van der Waals surface area contributed by atoms with Crippen LogP contribution < -0.4 is 26.8 Å². The van der Waals surface area contributed by atoms with Gasteiger partial charge in [-0.3, -0.25) is 0 Å². The van der Waals surface area contributed by atoms with E-state index in [0.29, 0.717) is 30.3 Å². The van der Waals surface area contributed by atoms with Crippen molar-refractivity contribution in [2.45, 2.75) is 20.8 Å². The van der Waals surface area contributed by atoms with Crippen molar-refractivity contribution in [3.63, 3.8) is 0 Å². The van der Waals surface area contributed by atoms with Crippen LogP contribution in [0.15, 0.2) is 18.2 Å². The lowest BCUT2D eigenvalue weighted by molar-refractivity contribution is -0.896. The zero-order valence-corrected chi connectivity index (χ0v) is 14.5. The molecule has 0 heterocycles. The van der Waals surface area contributed by atoms with Crippen molar-refractivity contribution in [3.8, 4) is 11.5 Å². The van der Waals surface area contributed by atoms with Gasteiger partial charge in [-0.05, 0) is 32.9 Å². The molecular weight excluding hydrogens is 306 g/mol. The van der Waals surface area contributed by atoms with Crippen molar-refractivity contribution in [1.29, 1.82) is 0 Å². The Morgan fingerprint density at radius 1 is 1.18 bits per heavy atom. The van der Waals surface area contributed by atoms with Crippen molar-refractivity contribution in [2.24, 2.45) is 0 Å². The minimum Gasteiger partial charge on any atom is -1.00 e. The molecule has 0 saturated heterocycles. The molecule has 5 nitrogen and oxygen atoms in total. The van der Waals surface area contributed by atoms with Gasteiger partial charge in [-0.2, -0.15) is 0 Å². The number of ether oxygens (including phenoxy) is 3. The first kappa shape index (κ1) is 20.5. The van der Waals surface area contributed by atoms with Gasteiger partial charge in [0.1, 0.15) is 18.7 Å². The summed E-state index contributed by atoms with van der Waals surface area (Å²) in [5.74, 6) is 0.618. The summed E-state index contributed by atoms with van der Waals surface area (Å²) in [5, 5.41) is 0. The van der Waals surface area contributed by atoms with Crippen LogP contribution >= 0.6 is 0 Å². The number of hydrogen-bond donors (Lipinski definition) is 1. The van der Waals surface area contributed by atoms with Gasteiger partial charge in [0.05, 0.1) is 26.8 Å². The molecule has 22 heavy (non-hydrogen) atoms. The van der Waals surface area contributed by atoms with Crippen molar-refractivity contribution in [2.75, 3.05) is 40.0 Å². The maximum atomic E-state index is 12.2. The Hall–Kier alpha value is -1.46. The Bertz CT molecular complexity index is 450. The van der Waals surface area contributed by atoms with E-state index in [4.69, 9.17) is 14.2 Å². The number of hydrogen-bond acceptors (Lipinski definition) is 4. The predicted octanol–water partition coefficient (Wildman–Crippen LogP) is -1.82. The molecule has 0 radical (unpaired) electrons. The molecule has 0 aliphatic heterocycles. The molecule has 0 aliphatic carbocycles. The summed E-state index contributed by atoms with van der Waals surface area (Å²) < 4.78 is 16.1. The highest BCUT2D eigenvalue weighted by Crippen LogP contribution is 2.31. The number of quaternary nitrogens is 1. The number of rotatable bonds is 9.